The van der Waals surface area contributed by atoms with Gasteiger partial charge in [0.15, 0.2) is 0 Å². The van der Waals surface area contributed by atoms with E-state index >= 15 is 0 Å². The number of carbonyl (C=O) groups is 2. The monoisotopic (exact) mass is 446 g/mol. The molecule has 0 unspecified atom stereocenters. The van der Waals surface area contributed by atoms with Crippen molar-refractivity contribution in [1.29, 1.82) is 0 Å². The summed E-state index contributed by atoms with van der Waals surface area (Å²) < 4.78 is 10.5. The normalized spacial score (nSPS) is 31.2. The second kappa shape index (κ2) is 9.26. The van der Waals surface area contributed by atoms with Crippen molar-refractivity contribution in [2.75, 3.05) is 0 Å². The van der Waals surface area contributed by atoms with Gasteiger partial charge in [-0.2, -0.15) is 0 Å². The molecule has 0 radical (unpaired) electrons. The van der Waals surface area contributed by atoms with Gasteiger partial charge in [-0.05, 0) is 0 Å². The van der Waals surface area contributed by atoms with Crippen LogP contribution in [0.5, 0.6) is 0 Å². The molecule has 0 bridgehead atoms. The minimum atomic E-state index is -0.502. The molecule has 0 spiro atoms. The van der Waals surface area contributed by atoms with Gasteiger partial charge in [0.25, 0.3) is 0 Å². The summed E-state index contributed by atoms with van der Waals surface area (Å²) in [5, 5.41) is 22.3. The summed E-state index contributed by atoms with van der Waals surface area (Å²) in [6.45, 7) is 0. The Labute approximate surface area is 142 Å². The molecule has 0 aromatic carbocycles. The first-order chi connectivity index (χ1) is 10.6. The van der Waals surface area contributed by atoms with Gasteiger partial charge in [0.05, 0.1) is 0 Å². The molecule has 0 saturated carbocycles. The summed E-state index contributed by atoms with van der Waals surface area (Å²) in [5.41, 5.74) is 0. The average Bonchev–Trinajstić information content (AvgIpc) is 3.05. The maximum absolute atomic E-state index is 11.6. The molecule has 4 atom stereocenters. The maximum atomic E-state index is 11.6. The van der Waals surface area contributed by atoms with Gasteiger partial charge < -0.3 is 0 Å². The molecular formula is C14H22O6Se2. The molecule has 2 aliphatic heterocycles. The van der Waals surface area contributed by atoms with Crippen molar-refractivity contribution in [2.24, 2.45) is 0 Å². The summed E-state index contributed by atoms with van der Waals surface area (Å²) in [6.07, 6.45) is -0.00165. The Morgan fingerprint density at radius 2 is 1.23 bits per heavy atom. The second-order valence-corrected chi connectivity index (χ2v) is 9.98. The topological polar surface area (TPSA) is 93.1 Å². The number of ether oxygens (including phenoxy) is 2. The molecule has 2 N–H and O–H groups in total. The SMILES string of the molecule is O=C(CCCCC(=O)O[C@@H]1C[Se]C[C@H]1O)O[C@@H]1C[Se]C[C@H]1O. The molecule has 2 aliphatic rings. The van der Waals surface area contributed by atoms with Crippen molar-refractivity contribution >= 4 is 41.9 Å². The van der Waals surface area contributed by atoms with E-state index in [0.717, 1.165) is 21.3 Å². The molecule has 22 heavy (non-hydrogen) atoms. The minimum absolute atomic E-state index is 0.263. The van der Waals surface area contributed by atoms with Crippen LogP contribution in [0.3, 0.4) is 0 Å². The van der Waals surface area contributed by atoms with Crippen LogP contribution >= 0.6 is 0 Å². The summed E-state index contributed by atoms with van der Waals surface area (Å²) in [6, 6.07) is 0. The summed E-state index contributed by atoms with van der Waals surface area (Å²) >= 11 is 0.750. The number of hydrogen-bond acceptors (Lipinski definition) is 6. The Hall–Kier alpha value is -0.101. The van der Waals surface area contributed by atoms with E-state index in [-0.39, 0.29) is 37.0 Å². The average molecular weight is 444 g/mol. The quantitative estimate of drug-likeness (QED) is 0.331. The molecule has 0 aromatic heterocycles. The Morgan fingerprint density at radius 1 is 0.818 bits per heavy atom. The first-order valence-electron chi connectivity index (χ1n) is 7.47. The van der Waals surface area contributed by atoms with Crippen molar-refractivity contribution in [1.82, 2.24) is 0 Å². The number of unbranched alkanes of at least 4 members (excludes halogenated alkanes) is 1. The van der Waals surface area contributed by atoms with E-state index in [1.165, 1.54) is 0 Å². The van der Waals surface area contributed by atoms with E-state index in [4.69, 9.17) is 9.47 Å². The van der Waals surface area contributed by atoms with Crippen LogP contribution in [-0.2, 0) is 19.1 Å². The summed E-state index contributed by atoms with van der Waals surface area (Å²) in [7, 11) is 0. The second-order valence-electron chi connectivity index (χ2n) is 5.47. The van der Waals surface area contributed by atoms with Gasteiger partial charge >= 0.3 is 143 Å². The van der Waals surface area contributed by atoms with E-state index in [0.29, 0.717) is 42.8 Å². The molecule has 2 saturated heterocycles. The van der Waals surface area contributed by atoms with E-state index < -0.39 is 12.2 Å². The van der Waals surface area contributed by atoms with Crippen molar-refractivity contribution < 1.29 is 29.3 Å². The number of hydrogen-bond donors (Lipinski definition) is 2. The summed E-state index contributed by atoms with van der Waals surface area (Å²) in [4.78, 5) is 23.3. The van der Waals surface area contributed by atoms with Crippen LogP contribution in [0.4, 0.5) is 0 Å². The molecule has 0 aliphatic carbocycles. The van der Waals surface area contributed by atoms with Gasteiger partial charge in [0.1, 0.15) is 0 Å². The molecule has 8 heteroatoms. The van der Waals surface area contributed by atoms with Gasteiger partial charge in [-0.3, -0.25) is 0 Å². The standard InChI is InChI=1S/C14H22O6Se2/c15-9-5-21-7-11(9)19-13(17)3-1-2-4-14(18)20-12-8-22-6-10(12)16/h9-12,15-16H,1-8H2/t9-,10-,11-,12-/m1/s1. The number of rotatable bonds is 7. The van der Waals surface area contributed by atoms with Crippen molar-refractivity contribution in [3.63, 3.8) is 0 Å². The number of aliphatic hydroxyl groups is 2. The van der Waals surface area contributed by atoms with Crippen molar-refractivity contribution in [3.8, 4) is 0 Å². The van der Waals surface area contributed by atoms with Gasteiger partial charge in [-0.25, -0.2) is 0 Å². The third-order valence-corrected chi connectivity index (χ3v) is 8.37. The van der Waals surface area contributed by atoms with Crippen molar-refractivity contribution in [3.05, 3.63) is 0 Å². The molecular weight excluding hydrogens is 422 g/mol. The fraction of sp³-hybridized carbons (Fsp3) is 0.857. The third-order valence-electron chi connectivity index (χ3n) is 3.58. The van der Waals surface area contributed by atoms with Gasteiger partial charge in [0.2, 0.25) is 0 Å². The molecule has 0 aromatic rings. The van der Waals surface area contributed by atoms with Crippen LogP contribution in [0.2, 0.25) is 21.3 Å². The van der Waals surface area contributed by atoms with Gasteiger partial charge in [-0.15, -0.1) is 0 Å². The Kier molecular flexibility index (Phi) is 7.68. The van der Waals surface area contributed by atoms with Crippen LogP contribution in [0, 0.1) is 0 Å². The molecule has 2 heterocycles. The molecule has 0 amide bonds. The van der Waals surface area contributed by atoms with Crippen LogP contribution in [0.1, 0.15) is 25.7 Å². The Bertz CT molecular complexity index is 356. The zero-order valence-corrected chi connectivity index (χ0v) is 15.7. The Balaban J connectivity index is 1.52. The summed E-state index contributed by atoms with van der Waals surface area (Å²) in [5.74, 6) is -0.604. The van der Waals surface area contributed by atoms with E-state index in [2.05, 4.69) is 0 Å². The predicted octanol–water partition coefficient (Wildman–Crippen LogP) is 0.201. The molecule has 2 rings (SSSR count). The van der Waals surface area contributed by atoms with Crippen LogP contribution < -0.4 is 0 Å². The third kappa shape index (κ3) is 5.84. The van der Waals surface area contributed by atoms with E-state index in [1.54, 1.807) is 0 Å². The fourth-order valence-electron chi connectivity index (χ4n) is 2.27. The van der Waals surface area contributed by atoms with Crippen LogP contribution in [0.15, 0.2) is 0 Å². The predicted molar refractivity (Wildman–Crippen MR) is 81.0 cm³/mol. The first-order valence-corrected chi connectivity index (χ1v) is 12.3. The zero-order chi connectivity index (χ0) is 15.9. The zero-order valence-electron chi connectivity index (χ0n) is 12.3. The van der Waals surface area contributed by atoms with E-state index in [1.807, 2.05) is 0 Å². The molecule has 6 nitrogen and oxygen atoms in total. The molecule has 2 fully saturated rings. The van der Waals surface area contributed by atoms with E-state index in [9.17, 15) is 19.8 Å². The van der Waals surface area contributed by atoms with Gasteiger partial charge in [0, 0.05) is 0 Å². The van der Waals surface area contributed by atoms with Crippen molar-refractivity contribution in [2.45, 2.75) is 71.4 Å². The number of aliphatic hydroxyl groups excluding tert-OH is 2. The fourth-order valence-corrected chi connectivity index (χ4v) is 6.94. The molecule has 126 valence electrons. The number of carbonyl (C=O) groups excluding carboxylic acids is 2. The van der Waals surface area contributed by atoms with Gasteiger partial charge in [-0.1, -0.05) is 0 Å². The number of esters is 2. The van der Waals surface area contributed by atoms with Crippen LogP contribution in [-0.4, -0.2) is 76.5 Å². The first kappa shape index (κ1) is 18.2. The Morgan fingerprint density at radius 3 is 1.55 bits per heavy atom. The van der Waals surface area contributed by atoms with Crippen LogP contribution in [0.25, 0.3) is 0 Å².